The van der Waals surface area contributed by atoms with Gasteiger partial charge >= 0.3 is 5.97 Å². The molecule has 0 saturated heterocycles. The first-order chi connectivity index (χ1) is 13.7. The summed E-state index contributed by atoms with van der Waals surface area (Å²) in [5, 5.41) is 0.808. The summed E-state index contributed by atoms with van der Waals surface area (Å²) < 4.78 is 13.2. The molecule has 1 saturated carbocycles. The van der Waals surface area contributed by atoms with Crippen LogP contribution in [0.3, 0.4) is 0 Å². The standard InChI is InChI=1S/C23H32N2O4/c1-13(2)24(14(3)4)22(26)16(6)29-23(27)21-15(5)25(17-8-9-17)20-11-10-18(28-7)12-19(20)21/h10-14,16-17H,8-9H2,1-7H3. The van der Waals surface area contributed by atoms with Crippen molar-refractivity contribution in [3.63, 3.8) is 0 Å². The van der Waals surface area contributed by atoms with Gasteiger partial charge in [0.15, 0.2) is 6.10 Å². The number of rotatable bonds is 7. The minimum absolute atomic E-state index is 0.0337. The summed E-state index contributed by atoms with van der Waals surface area (Å²) in [6.45, 7) is 11.5. The van der Waals surface area contributed by atoms with Gasteiger partial charge in [-0.25, -0.2) is 4.79 Å². The van der Waals surface area contributed by atoms with E-state index in [-0.39, 0.29) is 18.0 Å². The summed E-state index contributed by atoms with van der Waals surface area (Å²) in [5.41, 5.74) is 2.40. The van der Waals surface area contributed by atoms with Gasteiger partial charge in [-0.15, -0.1) is 0 Å². The van der Waals surface area contributed by atoms with Gasteiger partial charge in [-0.1, -0.05) is 0 Å². The Bertz CT molecular complexity index is 917. The molecular weight excluding hydrogens is 368 g/mol. The molecule has 0 spiro atoms. The van der Waals surface area contributed by atoms with Crippen molar-refractivity contribution in [1.29, 1.82) is 0 Å². The van der Waals surface area contributed by atoms with Crippen LogP contribution in [0.4, 0.5) is 0 Å². The number of fused-ring (bicyclic) bond motifs is 1. The van der Waals surface area contributed by atoms with Crippen molar-refractivity contribution in [2.45, 2.75) is 78.6 Å². The molecule has 1 heterocycles. The first kappa shape index (κ1) is 21.2. The summed E-state index contributed by atoms with van der Waals surface area (Å²) in [4.78, 5) is 27.8. The van der Waals surface area contributed by atoms with Gasteiger partial charge in [-0.3, -0.25) is 4.79 Å². The summed E-state index contributed by atoms with van der Waals surface area (Å²) in [5.74, 6) is 0.0485. The highest BCUT2D eigenvalue weighted by molar-refractivity contribution is 6.07. The smallest absolute Gasteiger partial charge is 0.341 e. The number of nitrogens with zero attached hydrogens (tertiary/aromatic N) is 2. The van der Waals surface area contributed by atoms with E-state index in [1.165, 1.54) is 0 Å². The molecule has 2 aromatic rings. The SMILES string of the molecule is COc1ccc2c(c1)c(C(=O)OC(C)C(=O)N(C(C)C)C(C)C)c(C)n2C1CC1. The van der Waals surface area contributed by atoms with Crippen molar-refractivity contribution < 1.29 is 19.1 Å². The average Bonchev–Trinajstić information content (AvgIpc) is 3.43. The van der Waals surface area contributed by atoms with E-state index in [9.17, 15) is 9.59 Å². The molecule has 158 valence electrons. The van der Waals surface area contributed by atoms with Crippen molar-refractivity contribution >= 4 is 22.8 Å². The number of amides is 1. The van der Waals surface area contributed by atoms with E-state index in [0.29, 0.717) is 17.4 Å². The molecular formula is C23H32N2O4. The second-order valence-corrected chi connectivity index (χ2v) is 8.43. The Balaban J connectivity index is 1.94. The van der Waals surface area contributed by atoms with Gasteiger partial charge in [-0.05, 0) is 72.6 Å². The van der Waals surface area contributed by atoms with Crippen LogP contribution in [0.2, 0.25) is 0 Å². The summed E-state index contributed by atoms with van der Waals surface area (Å²) in [6.07, 6.45) is 1.37. The van der Waals surface area contributed by atoms with Crippen molar-refractivity contribution in [3.05, 3.63) is 29.5 Å². The van der Waals surface area contributed by atoms with Crippen LogP contribution >= 0.6 is 0 Å². The fraction of sp³-hybridized carbons (Fsp3) is 0.565. The van der Waals surface area contributed by atoms with Crippen LogP contribution in [-0.4, -0.2) is 46.6 Å². The summed E-state index contributed by atoms with van der Waals surface area (Å²) >= 11 is 0. The molecule has 1 aromatic carbocycles. The number of benzene rings is 1. The van der Waals surface area contributed by atoms with Crippen LogP contribution in [0.1, 0.15) is 69.6 Å². The maximum Gasteiger partial charge on any atom is 0.341 e. The van der Waals surface area contributed by atoms with Crippen LogP contribution in [0, 0.1) is 6.92 Å². The van der Waals surface area contributed by atoms with E-state index in [1.807, 2.05) is 52.8 Å². The van der Waals surface area contributed by atoms with E-state index >= 15 is 0 Å². The predicted octanol–water partition coefficient (Wildman–Crippen LogP) is 4.48. The number of carbonyl (C=O) groups excluding carboxylic acids is 2. The molecule has 0 aliphatic heterocycles. The summed E-state index contributed by atoms with van der Waals surface area (Å²) in [6, 6.07) is 6.26. The van der Waals surface area contributed by atoms with Crippen LogP contribution < -0.4 is 4.74 Å². The Morgan fingerprint density at radius 1 is 1.10 bits per heavy atom. The van der Waals surface area contributed by atoms with Crippen molar-refractivity contribution in [1.82, 2.24) is 9.47 Å². The Hall–Kier alpha value is -2.50. The van der Waals surface area contributed by atoms with E-state index in [0.717, 1.165) is 29.4 Å². The monoisotopic (exact) mass is 400 g/mol. The highest BCUT2D eigenvalue weighted by Crippen LogP contribution is 2.42. The number of methoxy groups -OCH3 is 1. The van der Waals surface area contributed by atoms with E-state index in [2.05, 4.69) is 4.57 Å². The molecule has 1 aliphatic rings. The molecule has 6 heteroatoms. The van der Waals surface area contributed by atoms with Gasteiger partial charge in [0.1, 0.15) is 5.75 Å². The molecule has 1 fully saturated rings. The molecule has 3 rings (SSSR count). The van der Waals surface area contributed by atoms with E-state index in [4.69, 9.17) is 9.47 Å². The molecule has 29 heavy (non-hydrogen) atoms. The first-order valence-electron chi connectivity index (χ1n) is 10.4. The van der Waals surface area contributed by atoms with Crippen molar-refractivity contribution in [2.75, 3.05) is 7.11 Å². The number of esters is 1. The quantitative estimate of drug-likeness (QED) is 0.643. The fourth-order valence-electron chi connectivity index (χ4n) is 4.19. The second kappa shape index (κ2) is 8.09. The van der Waals surface area contributed by atoms with Crippen molar-refractivity contribution in [3.8, 4) is 5.75 Å². The molecule has 1 aromatic heterocycles. The zero-order valence-corrected chi connectivity index (χ0v) is 18.5. The molecule has 1 aliphatic carbocycles. The first-order valence-corrected chi connectivity index (χ1v) is 10.4. The number of ether oxygens (including phenoxy) is 2. The maximum absolute atomic E-state index is 13.2. The number of hydrogen-bond donors (Lipinski definition) is 0. The molecule has 1 amide bonds. The minimum atomic E-state index is -0.850. The molecule has 0 bridgehead atoms. The third kappa shape index (κ3) is 3.98. The van der Waals surface area contributed by atoms with Crippen LogP contribution in [0.25, 0.3) is 10.9 Å². The molecule has 0 N–H and O–H groups in total. The van der Waals surface area contributed by atoms with Gasteiger partial charge in [0.2, 0.25) is 0 Å². The third-order valence-electron chi connectivity index (χ3n) is 5.57. The predicted molar refractivity (Wildman–Crippen MR) is 113 cm³/mol. The maximum atomic E-state index is 13.2. The Morgan fingerprint density at radius 2 is 1.72 bits per heavy atom. The fourth-order valence-corrected chi connectivity index (χ4v) is 4.19. The highest BCUT2D eigenvalue weighted by atomic mass is 16.5. The normalized spacial score (nSPS) is 15.1. The minimum Gasteiger partial charge on any atom is -0.497 e. The third-order valence-corrected chi connectivity index (χ3v) is 5.57. The zero-order chi connectivity index (χ0) is 21.5. The zero-order valence-electron chi connectivity index (χ0n) is 18.5. The van der Waals surface area contributed by atoms with Gasteiger partial charge in [-0.2, -0.15) is 0 Å². The molecule has 1 unspecified atom stereocenters. The topological polar surface area (TPSA) is 60.8 Å². The average molecular weight is 401 g/mol. The number of carbonyl (C=O) groups is 2. The lowest BCUT2D eigenvalue weighted by Crippen LogP contribution is -2.47. The number of aromatic nitrogens is 1. The molecule has 6 nitrogen and oxygen atoms in total. The van der Waals surface area contributed by atoms with Crippen LogP contribution in [0.5, 0.6) is 5.75 Å². The molecule has 0 radical (unpaired) electrons. The Labute approximate surface area is 172 Å². The lowest BCUT2D eigenvalue weighted by molar-refractivity contribution is -0.143. The van der Waals surface area contributed by atoms with Gasteiger partial charge < -0.3 is 18.9 Å². The summed E-state index contributed by atoms with van der Waals surface area (Å²) in [7, 11) is 1.61. The molecule has 1 atom stereocenters. The Kier molecular flexibility index (Phi) is 5.92. The van der Waals surface area contributed by atoms with Crippen molar-refractivity contribution in [2.24, 2.45) is 0 Å². The van der Waals surface area contributed by atoms with E-state index < -0.39 is 12.1 Å². The largest absolute Gasteiger partial charge is 0.497 e. The lowest BCUT2D eigenvalue weighted by Gasteiger charge is -2.32. The van der Waals surface area contributed by atoms with Gasteiger partial charge in [0.05, 0.1) is 12.7 Å². The van der Waals surface area contributed by atoms with Crippen LogP contribution in [-0.2, 0) is 9.53 Å². The van der Waals surface area contributed by atoms with Gasteiger partial charge in [0, 0.05) is 34.7 Å². The lowest BCUT2D eigenvalue weighted by atomic mass is 10.1. The van der Waals surface area contributed by atoms with Crippen LogP contribution in [0.15, 0.2) is 18.2 Å². The second-order valence-electron chi connectivity index (χ2n) is 8.43. The number of hydrogen-bond acceptors (Lipinski definition) is 4. The Morgan fingerprint density at radius 3 is 2.24 bits per heavy atom. The highest BCUT2D eigenvalue weighted by Gasteiger charge is 2.33. The van der Waals surface area contributed by atoms with E-state index in [1.54, 1.807) is 18.9 Å². The van der Waals surface area contributed by atoms with Gasteiger partial charge in [0.25, 0.3) is 5.91 Å².